The Morgan fingerprint density at radius 3 is 2.79 bits per heavy atom. The van der Waals surface area contributed by atoms with E-state index in [-0.39, 0.29) is 12.4 Å². The molecule has 0 saturated heterocycles. The Labute approximate surface area is 145 Å². The third-order valence-corrected chi connectivity index (χ3v) is 4.37. The van der Waals surface area contributed by atoms with Crippen LogP contribution in [0.3, 0.4) is 0 Å². The Morgan fingerprint density at radius 2 is 2.08 bits per heavy atom. The highest BCUT2D eigenvalue weighted by Crippen LogP contribution is 2.27. The molecule has 0 atom stereocenters. The first-order valence-electron chi connectivity index (χ1n) is 7.15. The van der Waals surface area contributed by atoms with E-state index in [4.69, 9.17) is 4.74 Å². The van der Waals surface area contributed by atoms with E-state index in [0.29, 0.717) is 22.6 Å². The lowest BCUT2D eigenvalue weighted by Gasteiger charge is -2.14. The zero-order valence-electron chi connectivity index (χ0n) is 13.0. The molecule has 0 aliphatic carbocycles. The summed E-state index contributed by atoms with van der Waals surface area (Å²) < 4.78 is 21.4. The molecular weight excluding hydrogens is 379 g/mol. The fraction of sp³-hybridized carbons (Fsp3) is 0.188. The van der Waals surface area contributed by atoms with E-state index in [1.54, 1.807) is 25.1 Å². The summed E-state index contributed by atoms with van der Waals surface area (Å²) in [5.41, 5.74) is 2.19. The Balaban J connectivity index is 1.95. The van der Waals surface area contributed by atoms with Crippen LogP contribution in [0.25, 0.3) is 5.69 Å². The summed E-state index contributed by atoms with van der Waals surface area (Å²) in [4.78, 5) is 11.8. The second-order valence-electron chi connectivity index (χ2n) is 5.31. The van der Waals surface area contributed by atoms with Gasteiger partial charge in [0, 0.05) is 16.1 Å². The summed E-state index contributed by atoms with van der Waals surface area (Å²) in [7, 11) is 0. The molecule has 0 fully saturated rings. The Bertz CT molecular complexity index is 951. The smallest absolute Gasteiger partial charge is 0.365 e. The third-order valence-electron chi connectivity index (χ3n) is 3.62. The first kappa shape index (κ1) is 16.4. The summed E-state index contributed by atoms with van der Waals surface area (Å²) in [5.74, 6) is 0.128. The van der Waals surface area contributed by atoms with Crippen LogP contribution in [-0.4, -0.2) is 20.2 Å². The molecule has 0 saturated carbocycles. The Hall–Kier alpha value is -2.48. The molecule has 1 N–H and O–H groups in total. The van der Waals surface area contributed by atoms with Gasteiger partial charge in [0.15, 0.2) is 0 Å². The highest BCUT2D eigenvalue weighted by atomic mass is 79.9. The Kier molecular flexibility index (Phi) is 4.48. The molecule has 1 aromatic heterocycles. The number of aryl methyl sites for hydroxylation is 2. The fourth-order valence-electron chi connectivity index (χ4n) is 2.36. The number of nitrogens with one attached hydrogen (secondary N) is 1. The third kappa shape index (κ3) is 3.09. The zero-order chi connectivity index (χ0) is 17.3. The lowest BCUT2D eigenvalue weighted by atomic mass is 10.1. The van der Waals surface area contributed by atoms with Gasteiger partial charge in [-0.25, -0.2) is 14.3 Å². The van der Waals surface area contributed by atoms with Gasteiger partial charge >= 0.3 is 5.69 Å². The molecule has 0 bridgehead atoms. The fourth-order valence-corrected chi connectivity index (χ4v) is 2.83. The van der Waals surface area contributed by atoms with Gasteiger partial charge in [0.05, 0.1) is 5.69 Å². The van der Waals surface area contributed by atoms with Crippen molar-refractivity contribution in [1.29, 1.82) is 0 Å². The molecule has 2 aromatic carbocycles. The molecule has 6 nitrogen and oxygen atoms in total. The van der Waals surface area contributed by atoms with Crippen molar-refractivity contribution in [3.63, 3.8) is 0 Å². The Morgan fingerprint density at radius 1 is 1.29 bits per heavy atom. The van der Waals surface area contributed by atoms with Gasteiger partial charge in [-0.1, -0.05) is 22.0 Å². The summed E-state index contributed by atoms with van der Waals surface area (Å²) in [6.07, 6.45) is 0. The van der Waals surface area contributed by atoms with Gasteiger partial charge in [0.25, 0.3) is 0 Å². The van der Waals surface area contributed by atoms with Crippen LogP contribution in [0.4, 0.5) is 4.39 Å². The molecule has 0 aliphatic rings. The van der Waals surface area contributed by atoms with Gasteiger partial charge in [-0.05, 0) is 53.6 Å². The van der Waals surface area contributed by atoms with Crippen LogP contribution < -0.4 is 10.4 Å². The molecule has 0 aliphatic heterocycles. The predicted octanol–water partition coefficient (Wildman–Crippen LogP) is 3.05. The maximum Gasteiger partial charge on any atom is 0.365 e. The molecule has 0 radical (unpaired) electrons. The number of tetrazole rings is 1. The molecule has 0 amide bonds. The zero-order valence-corrected chi connectivity index (χ0v) is 14.6. The molecule has 0 unspecified atom stereocenters. The normalized spacial score (nSPS) is 10.8. The number of benzene rings is 2. The number of nitrogens with zero attached hydrogens (tertiary/aromatic N) is 3. The van der Waals surface area contributed by atoms with Gasteiger partial charge < -0.3 is 4.74 Å². The summed E-state index contributed by atoms with van der Waals surface area (Å²) in [6, 6.07) is 8.43. The van der Waals surface area contributed by atoms with Crippen molar-refractivity contribution < 1.29 is 9.13 Å². The minimum absolute atomic E-state index is 0.138. The molecular formula is C16H14BrFN4O2. The van der Waals surface area contributed by atoms with Crippen LogP contribution in [0, 0.1) is 19.7 Å². The first-order chi connectivity index (χ1) is 11.5. The van der Waals surface area contributed by atoms with Gasteiger partial charge in [-0.2, -0.15) is 4.68 Å². The average molecular weight is 393 g/mol. The number of aromatic amines is 1. The van der Waals surface area contributed by atoms with E-state index in [1.165, 1.54) is 6.07 Å². The standard InChI is InChI=1S/C16H14BrFN4O2/c1-9-6-10(2)15(7-13(9)18)24-8-11-12(17)4-3-5-14(11)22-16(23)19-20-21-22/h3-7H,8H2,1-2H3,(H,19,21,23). The van der Waals surface area contributed by atoms with Crippen LogP contribution in [0.2, 0.25) is 0 Å². The van der Waals surface area contributed by atoms with Crippen LogP contribution in [0.5, 0.6) is 5.75 Å². The second-order valence-corrected chi connectivity index (χ2v) is 6.17. The number of aromatic nitrogens is 4. The lowest BCUT2D eigenvalue weighted by molar-refractivity contribution is 0.301. The van der Waals surface area contributed by atoms with Crippen LogP contribution in [0.1, 0.15) is 16.7 Å². The minimum Gasteiger partial charge on any atom is -0.488 e. The largest absolute Gasteiger partial charge is 0.488 e. The highest BCUT2D eigenvalue weighted by Gasteiger charge is 2.14. The van der Waals surface area contributed by atoms with Crippen LogP contribution in [0.15, 0.2) is 39.6 Å². The molecule has 124 valence electrons. The number of rotatable bonds is 4. The number of H-pyrrole nitrogens is 1. The van der Waals surface area contributed by atoms with Crippen molar-refractivity contribution in [3.05, 3.63) is 67.8 Å². The quantitative estimate of drug-likeness (QED) is 0.740. The lowest BCUT2D eigenvalue weighted by Crippen LogP contribution is -2.18. The first-order valence-corrected chi connectivity index (χ1v) is 7.94. The van der Waals surface area contributed by atoms with E-state index in [1.807, 2.05) is 13.0 Å². The van der Waals surface area contributed by atoms with Gasteiger partial charge in [0.1, 0.15) is 18.2 Å². The van der Waals surface area contributed by atoms with Crippen molar-refractivity contribution >= 4 is 15.9 Å². The van der Waals surface area contributed by atoms with Crippen molar-refractivity contribution in [2.45, 2.75) is 20.5 Å². The summed E-state index contributed by atoms with van der Waals surface area (Å²) in [6.45, 7) is 3.69. The van der Waals surface area contributed by atoms with E-state index in [9.17, 15) is 9.18 Å². The SMILES string of the molecule is Cc1cc(C)c(OCc2c(Br)cccc2-n2nn[nH]c2=O)cc1F. The second kappa shape index (κ2) is 6.56. The number of halogens is 2. The number of hydrogen-bond donors (Lipinski definition) is 1. The van der Waals surface area contributed by atoms with E-state index >= 15 is 0 Å². The number of ether oxygens (including phenoxy) is 1. The van der Waals surface area contributed by atoms with Crippen LogP contribution in [-0.2, 0) is 6.61 Å². The monoisotopic (exact) mass is 392 g/mol. The highest BCUT2D eigenvalue weighted by molar-refractivity contribution is 9.10. The molecule has 3 aromatic rings. The van der Waals surface area contributed by atoms with E-state index in [0.717, 1.165) is 14.7 Å². The molecule has 8 heteroatoms. The van der Waals surface area contributed by atoms with Crippen molar-refractivity contribution in [2.24, 2.45) is 0 Å². The molecule has 0 spiro atoms. The maximum atomic E-state index is 13.8. The van der Waals surface area contributed by atoms with Crippen molar-refractivity contribution in [2.75, 3.05) is 0 Å². The van der Waals surface area contributed by atoms with E-state index in [2.05, 4.69) is 31.5 Å². The van der Waals surface area contributed by atoms with Crippen molar-refractivity contribution in [3.8, 4) is 11.4 Å². The van der Waals surface area contributed by atoms with Gasteiger partial charge in [0.2, 0.25) is 0 Å². The molecule has 3 rings (SSSR count). The van der Waals surface area contributed by atoms with Crippen molar-refractivity contribution in [1.82, 2.24) is 20.2 Å². The minimum atomic E-state index is -0.452. The predicted molar refractivity (Wildman–Crippen MR) is 89.9 cm³/mol. The van der Waals surface area contributed by atoms with Gasteiger partial charge in [-0.15, -0.1) is 0 Å². The van der Waals surface area contributed by atoms with E-state index < -0.39 is 5.69 Å². The van der Waals surface area contributed by atoms with Crippen LogP contribution >= 0.6 is 15.9 Å². The number of hydrogen-bond acceptors (Lipinski definition) is 4. The summed E-state index contributed by atoms with van der Waals surface area (Å²) in [5, 5.41) is 9.49. The molecule has 24 heavy (non-hydrogen) atoms. The van der Waals surface area contributed by atoms with Gasteiger partial charge in [-0.3, -0.25) is 0 Å². The molecule has 1 heterocycles. The topological polar surface area (TPSA) is 72.8 Å². The summed E-state index contributed by atoms with van der Waals surface area (Å²) >= 11 is 3.45. The maximum absolute atomic E-state index is 13.8. The average Bonchev–Trinajstić information content (AvgIpc) is 2.96.